The summed E-state index contributed by atoms with van der Waals surface area (Å²) in [5.41, 5.74) is 0. The van der Waals surface area contributed by atoms with Crippen LogP contribution in [0.3, 0.4) is 0 Å². The van der Waals surface area contributed by atoms with E-state index in [2.05, 4.69) is 6.92 Å². The molecule has 0 fully saturated rings. The van der Waals surface area contributed by atoms with Crippen LogP contribution in [-0.4, -0.2) is 24.2 Å². The molecule has 0 atom stereocenters. The number of alkyl halides is 1. The lowest BCUT2D eigenvalue weighted by Crippen LogP contribution is -2.12. The van der Waals surface area contributed by atoms with Gasteiger partial charge in [-0.2, -0.15) is 0 Å². The minimum Gasteiger partial charge on any atom is -0.465 e. The summed E-state index contributed by atoms with van der Waals surface area (Å²) in [4.78, 5) is 21.8. The zero-order valence-corrected chi connectivity index (χ0v) is 10.0. The number of esters is 1. The number of hydrogen-bond acceptors (Lipinski definition) is 3. The van der Waals surface area contributed by atoms with Gasteiger partial charge in [-0.15, -0.1) is 11.6 Å². The van der Waals surface area contributed by atoms with Crippen molar-refractivity contribution in [1.29, 1.82) is 0 Å². The van der Waals surface area contributed by atoms with Gasteiger partial charge in [-0.25, -0.2) is 0 Å². The molecule has 3 nitrogen and oxygen atoms in total. The second kappa shape index (κ2) is 9.97. The molecule has 0 aromatic carbocycles. The van der Waals surface area contributed by atoms with Crippen LogP contribution in [0.4, 0.5) is 0 Å². The molecule has 0 spiro atoms. The maximum absolute atomic E-state index is 11.0. The second-order valence-corrected chi connectivity index (χ2v) is 3.75. The lowest BCUT2D eigenvalue weighted by atomic mass is 10.2. The Morgan fingerprint density at radius 3 is 2.40 bits per heavy atom. The van der Waals surface area contributed by atoms with Gasteiger partial charge in [-0.1, -0.05) is 32.6 Å². The van der Waals surface area contributed by atoms with E-state index in [0.717, 1.165) is 12.8 Å². The molecule has 0 bridgehead atoms. The van der Waals surface area contributed by atoms with E-state index in [1.807, 2.05) is 0 Å². The average molecular weight is 235 g/mol. The monoisotopic (exact) mass is 234 g/mol. The molecular weight excluding hydrogens is 216 g/mol. The highest BCUT2D eigenvalue weighted by Gasteiger charge is 2.08. The van der Waals surface area contributed by atoms with Crippen molar-refractivity contribution in [3.05, 3.63) is 0 Å². The van der Waals surface area contributed by atoms with E-state index in [-0.39, 0.29) is 18.1 Å². The Morgan fingerprint density at radius 2 is 1.80 bits per heavy atom. The van der Waals surface area contributed by atoms with Crippen molar-refractivity contribution in [3.63, 3.8) is 0 Å². The first kappa shape index (κ1) is 14.4. The van der Waals surface area contributed by atoms with Crippen LogP contribution in [0.5, 0.6) is 0 Å². The number of carbonyl (C=O) groups is 2. The highest BCUT2D eigenvalue weighted by atomic mass is 35.5. The summed E-state index contributed by atoms with van der Waals surface area (Å²) in [6.45, 7) is 2.57. The Bertz CT molecular complexity index is 192. The number of unbranched alkanes of at least 4 members (excludes halogenated alkanes) is 4. The molecule has 0 saturated carbocycles. The molecule has 0 heterocycles. The fourth-order valence-corrected chi connectivity index (χ4v) is 1.25. The molecule has 0 aliphatic heterocycles. The topological polar surface area (TPSA) is 43.4 Å². The largest absolute Gasteiger partial charge is 0.465 e. The lowest BCUT2D eigenvalue weighted by molar-refractivity contribution is -0.145. The molecule has 15 heavy (non-hydrogen) atoms. The first-order valence-corrected chi connectivity index (χ1v) is 5.97. The molecule has 0 saturated heterocycles. The summed E-state index contributed by atoms with van der Waals surface area (Å²) in [5.74, 6) is -0.866. The summed E-state index contributed by atoms with van der Waals surface area (Å²) in [7, 11) is 0. The first-order valence-electron chi connectivity index (χ1n) is 5.44. The Kier molecular flexibility index (Phi) is 9.59. The lowest BCUT2D eigenvalue weighted by Gasteiger charge is -2.03. The molecule has 0 radical (unpaired) electrons. The SMILES string of the molecule is CCCCCCCOC(=O)CC(=O)CCl. The summed E-state index contributed by atoms with van der Waals surface area (Å²) in [6.07, 6.45) is 5.35. The van der Waals surface area contributed by atoms with Crippen molar-refractivity contribution in [2.45, 2.75) is 45.4 Å². The van der Waals surface area contributed by atoms with Gasteiger partial charge in [0.05, 0.1) is 12.5 Å². The molecule has 0 aromatic rings. The molecule has 0 rings (SSSR count). The zero-order chi connectivity index (χ0) is 11.5. The van der Waals surface area contributed by atoms with Gasteiger partial charge in [0, 0.05) is 0 Å². The number of ketones is 1. The van der Waals surface area contributed by atoms with Gasteiger partial charge in [0.25, 0.3) is 0 Å². The molecular formula is C11H19ClO3. The Hall–Kier alpha value is -0.570. The van der Waals surface area contributed by atoms with Gasteiger partial charge in [0.1, 0.15) is 6.42 Å². The summed E-state index contributed by atoms with van der Waals surface area (Å²) in [6, 6.07) is 0. The van der Waals surface area contributed by atoms with E-state index in [1.54, 1.807) is 0 Å². The third-order valence-corrected chi connectivity index (χ3v) is 2.30. The quantitative estimate of drug-likeness (QED) is 0.267. The maximum atomic E-state index is 11.0. The van der Waals surface area contributed by atoms with Crippen LogP contribution >= 0.6 is 11.6 Å². The van der Waals surface area contributed by atoms with Crippen LogP contribution in [0.1, 0.15) is 45.4 Å². The smallest absolute Gasteiger partial charge is 0.313 e. The van der Waals surface area contributed by atoms with Gasteiger partial charge in [-0.05, 0) is 6.42 Å². The van der Waals surface area contributed by atoms with Gasteiger partial charge < -0.3 is 4.74 Å². The van der Waals surface area contributed by atoms with Crippen LogP contribution in [0.15, 0.2) is 0 Å². The molecule has 0 aliphatic rings. The zero-order valence-electron chi connectivity index (χ0n) is 9.26. The maximum Gasteiger partial charge on any atom is 0.313 e. The molecule has 0 aliphatic carbocycles. The third kappa shape index (κ3) is 9.73. The van der Waals surface area contributed by atoms with E-state index in [4.69, 9.17) is 16.3 Å². The summed E-state index contributed by atoms with van der Waals surface area (Å²) >= 11 is 5.26. The molecule has 0 amide bonds. The van der Waals surface area contributed by atoms with Crippen molar-refractivity contribution in [3.8, 4) is 0 Å². The van der Waals surface area contributed by atoms with E-state index in [1.165, 1.54) is 19.3 Å². The number of halogens is 1. The van der Waals surface area contributed by atoms with Gasteiger partial charge >= 0.3 is 5.97 Å². The number of rotatable bonds is 9. The van der Waals surface area contributed by atoms with Crippen molar-refractivity contribution in [1.82, 2.24) is 0 Å². The van der Waals surface area contributed by atoms with E-state index in [9.17, 15) is 9.59 Å². The van der Waals surface area contributed by atoms with E-state index < -0.39 is 5.97 Å². The number of carbonyl (C=O) groups excluding carboxylic acids is 2. The van der Waals surface area contributed by atoms with Crippen LogP contribution < -0.4 is 0 Å². The molecule has 0 aromatic heterocycles. The molecule has 88 valence electrons. The number of ether oxygens (including phenoxy) is 1. The number of hydrogen-bond donors (Lipinski definition) is 0. The number of Topliss-reactive ketones (excluding diaryl/α,β-unsaturated/α-hetero) is 1. The van der Waals surface area contributed by atoms with Crippen molar-refractivity contribution >= 4 is 23.4 Å². The van der Waals surface area contributed by atoms with Gasteiger partial charge in [-0.3, -0.25) is 9.59 Å². The summed E-state index contributed by atoms with van der Waals surface area (Å²) < 4.78 is 4.88. The van der Waals surface area contributed by atoms with E-state index in [0.29, 0.717) is 6.61 Å². The van der Waals surface area contributed by atoms with Crippen molar-refractivity contribution in [2.75, 3.05) is 12.5 Å². The van der Waals surface area contributed by atoms with E-state index >= 15 is 0 Å². The second-order valence-electron chi connectivity index (χ2n) is 3.48. The predicted octanol–water partition coefficient (Wildman–Crippen LogP) is 2.70. The highest BCUT2D eigenvalue weighted by molar-refractivity contribution is 6.28. The van der Waals surface area contributed by atoms with Crippen LogP contribution in [0.2, 0.25) is 0 Å². The minimum atomic E-state index is -0.462. The fraction of sp³-hybridized carbons (Fsp3) is 0.818. The van der Waals surface area contributed by atoms with Crippen LogP contribution in [-0.2, 0) is 14.3 Å². The fourth-order valence-electron chi connectivity index (χ4n) is 1.15. The third-order valence-electron chi connectivity index (χ3n) is 2.00. The normalized spacial score (nSPS) is 10.0. The minimum absolute atomic E-state index is 0.119. The molecule has 0 unspecified atom stereocenters. The predicted molar refractivity (Wildman–Crippen MR) is 60.1 cm³/mol. The Balaban J connectivity index is 3.28. The molecule has 4 heteroatoms. The van der Waals surface area contributed by atoms with Crippen molar-refractivity contribution < 1.29 is 14.3 Å². The average Bonchev–Trinajstić information content (AvgIpc) is 2.23. The van der Waals surface area contributed by atoms with Crippen LogP contribution in [0, 0.1) is 0 Å². The highest BCUT2D eigenvalue weighted by Crippen LogP contribution is 2.02. The first-order chi connectivity index (χ1) is 7.20. The Labute approximate surface area is 96.1 Å². The van der Waals surface area contributed by atoms with Gasteiger partial charge in [0.15, 0.2) is 5.78 Å². The Morgan fingerprint density at radius 1 is 1.13 bits per heavy atom. The molecule has 0 N–H and O–H groups in total. The summed E-state index contributed by atoms with van der Waals surface area (Å²) in [5, 5.41) is 0. The van der Waals surface area contributed by atoms with Gasteiger partial charge in [0.2, 0.25) is 0 Å². The standard InChI is InChI=1S/C11H19ClO3/c1-2-3-4-5-6-7-15-11(14)8-10(13)9-12/h2-9H2,1H3. The van der Waals surface area contributed by atoms with Crippen molar-refractivity contribution in [2.24, 2.45) is 0 Å². The van der Waals surface area contributed by atoms with Crippen LogP contribution in [0.25, 0.3) is 0 Å².